The van der Waals surface area contributed by atoms with Crippen molar-refractivity contribution in [3.63, 3.8) is 0 Å². The molecule has 3 N–H and O–H groups in total. The van der Waals surface area contributed by atoms with Crippen LogP contribution < -0.4 is 0 Å². The molecule has 36 heavy (non-hydrogen) atoms. The van der Waals surface area contributed by atoms with Gasteiger partial charge in [0.2, 0.25) is 0 Å². The second kappa shape index (κ2) is 8.61. The lowest BCUT2D eigenvalue weighted by molar-refractivity contribution is -0.139. The number of nitrogens with zero attached hydrogens (tertiary/aromatic N) is 3. The standard InChI is InChI=1S/C28H32N6O2/c1-19(35)27(33-30)18-28(34-31,21-10-3-2-4-11-21)25(24(27)36)14-16-26(32-29,17-15-25)23-13-7-9-20-8-5-6-12-22(20)23/h2-6,8,10-12,23,29-31H,7,9,13-18H2,1H3. The van der Waals surface area contributed by atoms with E-state index < -0.39 is 33.6 Å². The summed E-state index contributed by atoms with van der Waals surface area (Å²) in [5.41, 5.74) is 22.9. The first-order valence-corrected chi connectivity index (χ1v) is 12.7. The Bertz CT molecular complexity index is 1240. The van der Waals surface area contributed by atoms with E-state index in [-0.39, 0.29) is 12.3 Å². The van der Waals surface area contributed by atoms with Crippen LogP contribution in [0.5, 0.6) is 0 Å². The minimum Gasteiger partial charge on any atom is -0.297 e. The number of carbonyl (C=O) groups is 2. The van der Waals surface area contributed by atoms with Gasteiger partial charge in [0.1, 0.15) is 5.54 Å². The Morgan fingerprint density at radius 3 is 2.17 bits per heavy atom. The molecule has 186 valence electrons. The predicted molar refractivity (Wildman–Crippen MR) is 132 cm³/mol. The van der Waals surface area contributed by atoms with Crippen LogP contribution in [-0.2, 0) is 21.5 Å². The maximum absolute atomic E-state index is 14.2. The van der Waals surface area contributed by atoms with Gasteiger partial charge < -0.3 is 0 Å². The van der Waals surface area contributed by atoms with Crippen LogP contribution in [0.2, 0.25) is 0 Å². The van der Waals surface area contributed by atoms with Gasteiger partial charge in [-0.2, -0.15) is 15.3 Å². The van der Waals surface area contributed by atoms with Crippen molar-refractivity contribution in [2.45, 2.75) is 80.8 Å². The van der Waals surface area contributed by atoms with Gasteiger partial charge in [-0.15, -0.1) is 0 Å². The number of ketones is 2. The quantitative estimate of drug-likeness (QED) is 0.310. The number of hydrogen-bond donors (Lipinski definition) is 3. The summed E-state index contributed by atoms with van der Waals surface area (Å²) in [7, 11) is 0. The summed E-state index contributed by atoms with van der Waals surface area (Å²) in [6.45, 7) is 1.31. The number of hydrogen-bond acceptors (Lipinski definition) is 8. The molecule has 2 fully saturated rings. The Labute approximate surface area is 210 Å². The first kappa shape index (κ1) is 24.3. The number of Topliss-reactive ketones (excluding diaryl/α,β-unsaturated/α-hetero) is 2. The van der Waals surface area contributed by atoms with E-state index in [4.69, 9.17) is 16.6 Å². The molecular weight excluding hydrogens is 452 g/mol. The van der Waals surface area contributed by atoms with Crippen molar-refractivity contribution in [2.75, 3.05) is 0 Å². The van der Waals surface area contributed by atoms with Crippen LogP contribution in [-0.4, -0.2) is 22.6 Å². The van der Waals surface area contributed by atoms with Gasteiger partial charge in [-0.05, 0) is 68.6 Å². The van der Waals surface area contributed by atoms with Crippen LogP contribution in [0.25, 0.3) is 0 Å². The monoisotopic (exact) mass is 484 g/mol. The summed E-state index contributed by atoms with van der Waals surface area (Å²) >= 11 is 0. The molecule has 8 heteroatoms. The average molecular weight is 485 g/mol. The number of aryl methyl sites for hydroxylation is 1. The summed E-state index contributed by atoms with van der Waals surface area (Å²) in [5, 5.41) is 12.0. The first-order chi connectivity index (χ1) is 17.3. The highest BCUT2D eigenvalue weighted by atomic mass is 16.2. The Morgan fingerprint density at radius 2 is 1.56 bits per heavy atom. The normalized spacial score (nSPS) is 35.7. The van der Waals surface area contributed by atoms with E-state index >= 15 is 0 Å². The molecule has 0 bridgehead atoms. The highest BCUT2D eigenvalue weighted by Crippen LogP contribution is 2.66. The zero-order valence-electron chi connectivity index (χ0n) is 20.6. The predicted octanol–water partition coefficient (Wildman–Crippen LogP) is 6.69. The van der Waals surface area contributed by atoms with Crippen molar-refractivity contribution in [1.29, 1.82) is 16.6 Å². The summed E-state index contributed by atoms with van der Waals surface area (Å²) in [4.78, 5) is 27.1. The minimum atomic E-state index is -1.84. The summed E-state index contributed by atoms with van der Waals surface area (Å²) in [5.74, 6) is -0.794. The lowest BCUT2D eigenvalue weighted by atomic mass is 9.54. The molecular formula is C28H32N6O2. The van der Waals surface area contributed by atoms with E-state index in [1.165, 1.54) is 18.1 Å². The molecule has 1 spiro atoms. The van der Waals surface area contributed by atoms with Crippen molar-refractivity contribution in [1.82, 2.24) is 0 Å². The zero-order chi connectivity index (χ0) is 25.6. The fourth-order valence-electron chi connectivity index (χ4n) is 7.56. The number of carbonyl (C=O) groups excluding carboxylic acids is 2. The number of rotatable bonds is 6. The highest BCUT2D eigenvalue weighted by molar-refractivity contribution is 6.15. The molecule has 2 aromatic rings. The number of nitrogens with one attached hydrogen (secondary N) is 3. The third kappa shape index (κ3) is 3.06. The van der Waals surface area contributed by atoms with Gasteiger partial charge in [0.25, 0.3) is 0 Å². The van der Waals surface area contributed by atoms with Crippen LogP contribution in [0.4, 0.5) is 0 Å². The van der Waals surface area contributed by atoms with Crippen molar-refractivity contribution < 1.29 is 9.59 Å². The van der Waals surface area contributed by atoms with E-state index in [1.54, 1.807) is 0 Å². The highest BCUT2D eigenvalue weighted by Gasteiger charge is 2.74. The van der Waals surface area contributed by atoms with Crippen molar-refractivity contribution >= 4 is 11.6 Å². The van der Waals surface area contributed by atoms with Crippen molar-refractivity contribution in [3.8, 4) is 0 Å². The number of fused-ring (bicyclic) bond motifs is 1. The molecule has 0 aromatic heterocycles. The minimum absolute atomic E-state index is 0.0892. The van der Waals surface area contributed by atoms with E-state index in [0.29, 0.717) is 31.2 Å². The molecule has 3 aliphatic carbocycles. The third-order valence-electron chi connectivity index (χ3n) is 9.54. The zero-order valence-corrected chi connectivity index (χ0v) is 20.6. The van der Waals surface area contributed by atoms with Crippen LogP contribution in [0.3, 0.4) is 0 Å². The third-order valence-corrected chi connectivity index (χ3v) is 9.54. The molecule has 2 saturated carbocycles. The molecule has 0 saturated heterocycles. The summed E-state index contributed by atoms with van der Waals surface area (Å²) in [6.07, 6.45) is 4.53. The number of benzene rings is 2. The molecule has 3 unspecified atom stereocenters. The molecule has 3 aliphatic rings. The fraction of sp³-hybridized carbons (Fsp3) is 0.500. The summed E-state index contributed by atoms with van der Waals surface area (Å²) in [6, 6.07) is 17.6. The van der Waals surface area contributed by atoms with E-state index in [9.17, 15) is 9.59 Å². The smallest absolute Gasteiger partial charge is 0.200 e. The van der Waals surface area contributed by atoms with Gasteiger partial charge in [0.05, 0.1) is 11.0 Å². The largest absolute Gasteiger partial charge is 0.297 e. The van der Waals surface area contributed by atoms with Crippen molar-refractivity contribution in [3.05, 3.63) is 71.3 Å². The van der Waals surface area contributed by atoms with Gasteiger partial charge in [0, 0.05) is 12.3 Å². The molecule has 0 radical (unpaired) electrons. The topological polar surface area (TPSA) is 143 Å². The maximum atomic E-state index is 14.2. The maximum Gasteiger partial charge on any atom is 0.200 e. The molecule has 2 aromatic carbocycles. The Kier molecular flexibility index (Phi) is 5.80. The summed E-state index contributed by atoms with van der Waals surface area (Å²) < 4.78 is 0. The first-order valence-electron chi connectivity index (χ1n) is 12.7. The Hall–Kier alpha value is -3.42. The fourth-order valence-corrected chi connectivity index (χ4v) is 7.56. The van der Waals surface area contributed by atoms with Gasteiger partial charge >= 0.3 is 0 Å². The Morgan fingerprint density at radius 1 is 0.889 bits per heavy atom. The average Bonchev–Trinajstić information content (AvgIpc) is 3.15. The van der Waals surface area contributed by atoms with Crippen LogP contribution in [0.1, 0.15) is 74.5 Å². The van der Waals surface area contributed by atoms with E-state index in [1.807, 2.05) is 36.4 Å². The molecule has 8 nitrogen and oxygen atoms in total. The molecule has 5 rings (SSSR count). The molecule has 0 amide bonds. The van der Waals surface area contributed by atoms with E-state index in [0.717, 1.165) is 19.3 Å². The van der Waals surface area contributed by atoms with Crippen molar-refractivity contribution in [2.24, 2.45) is 20.8 Å². The van der Waals surface area contributed by atoms with Crippen LogP contribution >= 0.6 is 0 Å². The molecule has 0 aliphatic heterocycles. The SMILES string of the molecule is CC(=O)C1(N=N)CC(N=N)(c2ccccc2)C2(CCC(N=N)(C3CCCc4ccccc43)CC2)C1=O. The lowest BCUT2D eigenvalue weighted by Gasteiger charge is -2.50. The van der Waals surface area contributed by atoms with Crippen LogP contribution in [0.15, 0.2) is 69.9 Å². The Balaban J connectivity index is 1.61. The second-order valence-electron chi connectivity index (χ2n) is 10.8. The van der Waals surface area contributed by atoms with Gasteiger partial charge in [-0.25, -0.2) is 16.6 Å². The molecule has 0 heterocycles. The van der Waals surface area contributed by atoms with Gasteiger partial charge in [-0.1, -0.05) is 54.6 Å². The second-order valence-corrected chi connectivity index (χ2v) is 10.8. The van der Waals surface area contributed by atoms with E-state index in [2.05, 4.69) is 33.5 Å². The van der Waals surface area contributed by atoms with Gasteiger partial charge in [-0.3, -0.25) is 9.59 Å². The van der Waals surface area contributed by atoms with Crippen LogP contribution in [0, 0.1) is 22.0 Å². The van der Waals surface area contributed by atoms with Gasteiger partial charge in [0.15, 0.2) is 17.1 Å². The molecule has 3 atom stereocenters. The lowest BCUT2D eigenvalue weighted by Crippen LogP contribution is -2.53.